The molecule has 2 rings (SSSR count). The van der Waals surface area contributed by atoms with E-state index in [4.69, 9.17) is 0 Å². The highest BCUT2D eigenvalue weighted by Gasteiger charge is 2.16. The second kappa shape index (κ2) is 7.04. The summed E-state index contributed by atoms with van der Waals surface area (Å²) in [5.74, 6) is 0. The van der Waals surface area contributed by atoms with Gasteiger partial charge in [0.15, 0.2) is 0 Å². The molecule has 4 nitrogen and oxygen atoms in total. The number of para-hydroxylation sites is 1. The van der Waals surface area contributed by atoms with Gasteiger partial charge in [-0.25, -0.2) is 12.9 Å². The molecule has 0 aliphatic rings. The summed E-state index contributed by atoms with van der Waals surface area (Å²) in [7, 11) is 0. The molecule has 0 aliphatic carbocycles. The molecule has 0 fully saturated rings. The van der Waals surface area contributed by atoms with Crippen molar-refractivity contribution in [2.24, 2.45) is 0 Å². The lowest BCUT2D eigenvalue weighted by molar-refractivity contribution is 0.250. The van der Waals surface area contributed by atoms with Crippen LogP contribution in [-0.4, -0.2) is 17.6 Å². The number of carbonyl (C=O) groups excluding carboxylic acids is 1. The number of carbonyl (C=O) groups is 1. The maximum absolute atomic E-state index is 12.0. The molecule has 6 heteroatoms. The van der Waals surface area contributed by atoms with Crippen molar-refractivity contribution >= 4 is 55.6 Å². The Kier molecular flexibility index (Phi) is 5.38. The first-order valence-corrected chi connectivity index (χ1v) is 8.10. The molecule has 0 atom stereocenters. The number of halogens is 1. The van der Waals surface area contributed by atoms with Gasteiger partial charge in [-0.05, 0) is 18.6 Å². The van der Waals surface area contributed by atoms with Crippen LogP contribution in [0.4, 0.5) is 9.93 Å². The van der Waals surface area contributed by atoms with Crippen molar-refractivity contribution in [2.45, 2.75) is 26.2 Å². The van der Waals surface area contributed by atoms with Crippen LogP contribution in [0, 0.1) is 0 Å². The van der Waals surface area contributed by atoms with Gasteiger partial charge in [0.2, 0.25) is 5.13 Å². The molecule has 0 saturated heterocycles. The number of unbranched alkanes of at least 4 members (excludes halogenated alkanes) is 2. The number of nitrogens with one attached hydrogen (secondary N) is 1. The number of fused-ring (bicyclic) bond motifs is 1. The molecule has 0 saturated carbocycles. The fraction of sp³-hybridized carbons (Fsp3) is 0.385. The Hall–Kier alpha value is -0.890. The van der Waals surface area contributed by atoms with E-state index in [0.29, 0.717) is 0 Å². The largest absolute Gasteiger partial charge is 0.337 e. The summed E-state index contributed by atoms with van der Waals surface area (Å²) in [5.41, 5.74) is 0.933. The zero-order valence-corrected chi connectivity index (χ0v) is 13.7. The number of nitrogens with zero attached hydrogens (tertiary/aromatic N) is 2. The number of anilines is 1. The Bertz CT molecular complexity index is 525. The Balaban J connectivity index is 1.98. The van der Waals surface area contributed by atoms with Gasteiger partial charge >= 0.3 is 6.03 Å². The van der Waals surface area contributed by atoms with Crippen molar-refractivity contribution in [3.63, 3.8) is 0 Å². The maximum Gasteiger partial charge on any atom is 0.332 e. The molecule has 102 valence electrons. The van der Waals surface area contributed by atoms with E-state index in [-0.39, 0.29) is 6.03 Å². The third-order valence-corrected chi connectivity index (χ3v) is 4.93. The zero-order valence-electron chi connectivity index (χ0n) is 10.7. The third kappa shape index (κ3) is 3.79. The fourth-order valence-corrected chi connectivity index (χ4v) is 3.11. The Morgan fingerprint density at radius 3 is 2.95 bits per heavy atom. The molecule has 2 amide bonds. The van der Waals surface area contributed by atoms with E-state index in [1.165, 1.54) is 11.3 Å². The average Bonchev–Trinajstić information content (AvgIpc) is 2.86. The molecule has 0 unspecified atom stereocenters. The minimum atomic E-state index is -0.101. The topological polar surface area (TPSA) is 45.2 Å². The van der Waals surface area contributed by atoms with Gasteiger partial charge in [-0.1, -0.05) is 43.2 Å². The summed E-state index contributed by atoms with van der Waals surface area (Å²) < 4.78 is 2.65. The van der Waals surface area contributed by atoms with Gasteiger partial charge < -0.3 is 5.32 Å². The number of amides is 2. The van der Waals surface area contributed by atoms with Gasteiger partial charge in [-0.3, -0.25) is 0 Å². The van der Waals surface area contributed by atoms with Crippen molar-refractivity contribution in [1.29, 1.82) is 0 Å². The minimum absolute atomic E-state index is 0.101. The zero-order chi connectivity index (χ0) is 13.7. The highest BCUT2D eigenvalue weighted by atomic mass is 127. The van der Waals surface area contributed by atoms with Crippen LogP contribution in [0.5, 0.6) is 0 Å². The number of hydrogen-bond acceptors (Lipinski definition) is 3. The summed E-state index contributed by atoms with van der Waals surface area (Å²) in [4.78, 5) is 16.4. The second-order valence-electron chi connectivity index (χ2n) is 4.18. The SMILES string of the molecule is CCCCCNC(=O)N(I)c1nc2ccccc2s1. The van der Waals surface area contributed by atoms with Crippen LogP contribution in [0.2, 0.25) is 0 Å². The predicted molar refractivity (Wildman–Crippen MR) is 89.0 cm³/mol. The lowest BCUT2D eigenvalue weighted by atomic mass is 10.2. The molecule has 1 aromatic carbocycles. The summed E-state index contributed by atoms with van der Waals surface area (Å²) in [6.45, 7) is 2.87. The third-order valence-electron chi connectivity index (χ3n) is 2.69. The molecular formula is C13H16IN3OS. The monoisotopic (exact) mass is 389 g/mol. The van der Waals surface area contributed by atoms with E-state index < -0.39 is 0 Å². The van der Waals surface area contributed by atoms with Crippen molar-refractivity contribution in [2.75, 3.05) is 9.66 Å². The first kappa shape index (κ1) is 14.5. The number of aromatic nitrogens is 1. The molecule has 0 radical (unpaired) electrons. The summed E-state index contributed by atoms with van der Waals surface area (Å²) >= 11 is 3.52. The van der Waals surface area contributed by atoms with Gasteiger partial charge in [0.1, 0.15) is 0 Å². The first-order chi connectivity index (χ1) is 9.22. The van der Waals surface area contributed by atoms with Gasteiger partial charge in [-0.2, -0.15) is 0 Å². The number of rotatable bonds is 5. The van der Waals surface area contributed by atoms with Gasteiger partial charge in [0.05, 0.1) is 33.1 Å². The summed E-state index contributed by atoms with van der Waals surface area (Å²) in [5, 5.41) is 3.62. The fourth-order valence-electron chi connectivity index (χ4n) is 1.67. The normalized spacial score (nSPS) is 10.6. The van der Waals surface area contributed by atoms with Crippen LogP contribution in [-0.2, 0) is 0 Å². The number of hydrogen-bond donors (Lipinski definition) is 1. The van der Waals surface area contributed by atoms with Gasteiger partial charge in [0.25, 0.3) is 0 Å². The molecule has 0 aliphatic heterocycles. The van der Waals surface area contributed by atoms with Crippen molar-refractivity contribution in [3.8, 4) is 0 Å². The van der Waals surface area contributed by atoms with Crippen LogP contribution in [0.1, 0.15) is 26.2 Å². The summed E-state index contributed by atoms with van der Waals surface area (Å²) in [6.07, 6.45) is 3.32. The van der Waals surface area contributed by atoms with Crippen molar-refractivity contribution < 1.29 is 4.79 Å². The van der Waals surface area contributed by atoms with Crippen LogP contribution in [0.15, 0.2) is 24.3 Å². The minimum Gasteiger partial charge on any atom is -0.337 e. The number of urea groups is 1. The van der Waals surface area contributed by atoms with Crippen molar-refractivity contribution in [3.05, 3.63) is 24.3 Å². The first-order valence-electron chi connectivity index (χ1n) is 6.31. The highest BCUT2D eigenvalue weighted by molar-refractivity contribution is 14.1. The number of thiazole rings is 1. The smallest absolute Gasteiger partial charge is 0.332 e. The lowest BCUT2D eigenvalue weighted by Gasteiger charge is -2.12. The molecule has 1 aromatic heterocycles. The van der Waals surface area contributed by atoms with Crippen LogP contribution in [0.3, 0.4) is 0 Å². The van der Waals surface area contributed by atoms with E-state index in [1.807, 2.05) is 47.1 Å². The van der Waals surface area contributed by atoms with Crippen LogP contribution >= 0.6 is 34.2 Å². The van der Waals surface area contributed by atoms with E-state index >= 15 is 0 Å². The molecule has 1 N–H and O–H groups in total. The Morgan fingerprint density at radius 2 is 2.21 bits per heavy atom. The molecule has 19 heavy (non-hydrogen) atoms. The highest BCUT2D eigenvalue weighted by Crippen LogP contribution is 2.30. The van der Waals surface area contributed by atoms with Crippen LogP contribution < -0.4 is 8.43 Å². The molecule has 0 spiro atoms. The Morgan fingerprint density at radius 1 is 1.42 bits per heavy atom. The Labute approximate surface area is 130 Å². The lowest BCUT2D eigenvalue weighted by Crippen LogP contribution is -2.33. The average molecular weight is 389 g/mol. The van der Waals surface area contributed by atoms with Gasteiger partial charge in [0, 0.05) is 6.54 Å². The van der Waals surface area contributed by atoms with Crippen molar-refractivity contribution in [1.82, 2.24) is 10.3 Å². The van der Waals surface area contributed by atoms with E-state index in [1.54, 1.807) is 3.11 Å². The standard InChI is InChI=1S/C13H16IN3OS/c1-2-3-6-9-15-12(18)17(14)13-16-10-7-4-5-8-11(10)19-13/h4-5,7-8H,2-3,6,9H2,1H3,(H,15,18). The molecule has 0 bridgehead atoms. The number of benzene rings is 1. The molecule has 1 heterocycles. The van der Waals surface area contributed by atoms with E-state index in [0.717, 1.165) is 41.2 Å². The molecule has 2 aromatic rings. The van der Waals surface area contributed by atoms with E-state index in [2.05, 4.69) is 17.2 Å². The maximum atomic E-state index is 12.0. The second-order valence-corrected chi connectivity index (χ2v) is 6.16. The molecular weight excluding hydrogens is 373 g/mol. The summed E-state index contributed by atoms with van der Waals surface area (Å²) in [6, 6.07) is 7.80. The van der Waals surface area contributed by atoms with Crippen LogP contribution in [0.25, 0.3) is 10.2 Å². The van der Waals surface area contributed by atoms with Gasteiger partial charge in [-0.15, -0.1) is 0 Å². The predicted octanol–water partition coefficient (Wildman–Crippen LogP) is 4.35. The quantitative estimate of drug-likeness (QED) is 0.470. The van der Waals surface area contributed by atoms with E-state index in [9.17, 15) is 4.79 Å².